The SMILES string of the molecule is OC(Cc1ccncc1Cl)c1ccn(-c2ccccc2)n1. The van der Waals surface area contributed by atoms with Crippen LogP contribution in [0.15, 0.2) is 61.1 Å². The maximum atomic E-state index is 10.3. The number of nitrogens with zero attached hydrogens (tertiary/aromatic N) is 3. The van der Waals surface area contributed by atoms with Gasteiger partial charge in [0, 0.05) is 25.0 Å². The van der Waals surface area contributed by atoms with Crippen molar-refractivity contribution in [3.63, 3.8) is 0 Å². The minimum Gasteiger partial charge on any atom is -0.386 e. The van der Waals surface area contributed by atoms with E-state index in [1.54, 1.807) is 23.1 Å². The minimum absolute atomic E-state index is 0.410. The molecule has 1 unspecified atom stereocenters. The Morgan fingerprint density at radius 3 is 2.71 bits per heavy atom. The predicted molar refractivity (Wildman–Crippen MR) is 81.5 cm³/mol. The Bertz CT molecular complexity index is 727. The molecule has 3 rings (SSSR count). The summed E-state index contributed by atoms with van der Waals surface area (Å²) >= 11 is 6.06. The van der Waals surface area contributed by atoms with Crippen LogP contribution >= 0.6 is 11.6 Å². The van der Waals surface area contributed by atoms with Crippen molar-refractivity contribution in [1.82, 2.24) is 14.8 Å². The topological polar surface area (TPSA) is 50.9 Å². The molecule has 0 saturated heterocycles. The molecule has 3 aromatic rings. The molecule has 5 heteroatoms. The molecule has 4 nitrogen and oxygen atoms in total. The monoisotopic (exact) mass is 299 g/mol. The Morgan fingerprint density at radius 2 is 1.95 bits per heavy atom. The van der Waals surface area contributed by atoms with Crippen molar-refractivity contribution in [3.8, 4) is 5.69 Å². The maximum absolute atomic E-state index is 10.3. The summed E-state index contributed by atoms with van der Waals surface area (Å²) in [6.07, 6.45) is 4.78. The van der Waals surface area contributed by atoms with E-state index in [4.69, 9.17) is 11.6 Å². The molecule has 0 aliphatic rings. The molecule has 0 fully saturated rings. The van der Waals surface area contributed by atoms with Gasteiger partial charge in [-0.2, -0.15) is 5.10 Å². The number of para-hydroxylation sites is 1. The van der Waals surface area contributed by atoms with Crippen LogP contribution in [0.2, 0.25) is 5.02 Å². The average molecular weight is 300 g/mol. The first-order valence-corrected chi connectivity index (χ1v) is 6.99. The molecule has 1 aromatic carbocycles. The Labute approximate surface area is 127 Å². The van der Waals surface area contributed by atoms with E-state index >= 15 is 0 Å². The third-order valence-electron chi connectivity index (χ3n) is 3.24. The molecule has 0 aliphatic heterocycles. The highest BCUT2D eigenvalue weighted by atomic mass is 35.5. The van der Waals surface area contributed by atoms with Crippen LogP contribution in [-0.4, -0.2) is 19.9 Å². The molecule has 1 N–H and O–H groups in total. The van der Waals surface area contributed by atoms with Gasteiger partial charge in [-0.25, -0.2) is 4.68 Å². The predicted octanol–water partition coefficient (Wildman–Crippen LogP) is 3.20. The minimum atomic E-state index is -0.699. The van der Waals surface area contributed by atoms with E-state index in [-0.39, 0.29) is 0 Å². The summed E-state index contributed by atoms with van der Waals surface area (Å²) in [5.74, 6) is 0. The highest BCUT2D eigenvalue weighted by molar-refractivity contribution is 6.31. The van der Waals surface area contributed by atoms with Gasteiger partial charge in [0.15, 0.2) is 0 Å². The van der Waals surface area contributed by atoms with Gasteiger partial charge in [-0.1, -0.05) is 29.8 Å². The first-order valence-electron chi connectivity index (χ1n) is 6.61. The van der Waals surface area contributed by atoms with Crippen LogP contribution < -0.4 is 0 Å². The molecule has 0 aliphatic carbocycles. The summed E-state index contributed by atoms with van der Waals surface area (Å²) in [7, 11) is 0. The Hall–Kier alpha value is -2.17. The zero-order valence-electron chi connectivity index (χ0n) is 11.2. The molecule has 0 radical (unpaired) electrons. The summed E-state index contributed by atoms with van der Waals surface area (Å²) in [5, 5.41) is 15.3. The summed E-state index contributed by atoms with van der Waals surface area (Å²) in [6.45, 7) is 0. The van der Waals surface area contributed by atoms with Gasteiger partial charge < -0.3 is 5.11 Å². The summed E-state index contributed by atoms with van der Waals surface area (Å²) < 4.78 is 1.74. The van der Waals surface area contributed by atoms with Gasteiger partial charge in [0.2, 0.25) is 0 Å². The van der Waals surface area contributed by atoms with Gasteiger partial charge in [-0.3, -0.25) is 4.98 Å². The van der Waals surface area contributed by atoms with E-state index in [1.807, 2.05) is 42.6 Å². The van der Waals surface area contributed by atoms with E-state index in [9.17, 15) is 5.11 Å². The fraction of sp³-hybridized carbons (Fsp3) is 0.125. The number of pyridine rings is 1. The number of aliphatic hydroxyl groups excluding tert-OH is 1. The van der Waals surface area contributed by atoms with Gasteiger partial charge >= 0.3 is 0 Å². The van der Waals surface area contributed by atoms with E-state index in [0.29, 0.717) is 17.1 Å². The molecule has 106 valence electrons. The van der Waals surface area contributed by atoms with Crippen LogP contribution in [0.5, 0.6) is 0 Å². The quantitative estimate of drug-likeness (QED) is 0.805. The summed E-state index contributed by atoms with van der Waals surface area (Å²) in [4.78, 5) is 3.94. The van der Waals surface area contributed by atoms with Crippen molar-refractivity contribution in [1.29, 1.82) is 0 Å². The van der Waals surface area contributed by atoms with Crippen LogP contribution in [0.1, 0.15) is 17.4 Å². The molecular formula is C16H14ClN3O. The Morgan fingerprint density at radius 1 is 1.14 bits per heavy atom. The number of hydrogen-bond donors (Lipinski definition) is 1. The lowest BCUT2D eigenvalue weighted by molar-refractivity contribution is 0.173. The molecule has 1 atom stereocenters. The summed E-state index contributed by atoms with van der Waals surface area (Å²) in [6, 6.07) is 13.4. The van der Waals surface area contributed by atoms with Gasteiger partial charge in [-0.05, 0) is 29.8 Å². The molecule has 0 spiro atoms. The first-order chi connectivity index (χ1) is 10.2. The van der Waals surface area contributed by atoms with Crippen molar-refractivity contribution in [2.75, 3.05) is 0 Å². The normalized spacial score (nSPS) is 12.3. The molecule has 0 amide bonds. The number of aliphatic hydroxyl groups is 1. The van der Waals surface area contributed by atoms with Gasteiger partial charge in [0.05, 0.1) is 16.4 Å². The molecule has 0 saturated carbocycles. The molecule has 0 bridgehead atoms. The second kappa shape index (κ2) is 6.08. The molecule has 2 heterocycles. The van der Waals surface area contributed by atoms with Crippen molar-refractivity contribution in [3.05, 3.63) is 77.3 Å². The lowest BCUT2D eigenvalue weighted by Crippen LogP contribution is -2.05. The first kappa shape index (κ1) is 13.8. The van der Waals surface area contributed by atoms with Crippen LogP contribution in [0.3, 0.4) is 0 Å². The number of aromatic nitrogens is 3. The summed E-state index contributed by atoms with van der Waals surface area (Å²) in [5.41, 5.74) is 2.43. The van der Waals surface area contributed by atoms with Crippen LogP contribution in [0.4, 0.5) is 0 Å². The number of halogens is 1. The van der Waals surface area contributed by atoms with Crippen molar-refractivity contribution >= 4 is 11.6 Å². The van der Waals surface area contributed by atoms with Crippen LogP contribution in [-0.2, 0) is 6.42 Å². The number of benzene rings is 1. The third kappa shape index (κ3) is 3.12. The van der Waals surface area contributed by atoms with E-state index in [2.05, 4.69) is 10.1 Å². The number of hydrogen-bond acceptors (Lipinski definition) is 3. The van der Waals surface area contributed by atoms with Crippen molar-refractivity contribution in [2.24, 2.45) is 0 Å². The highest BCUT2D eigenvalue weighted by Gasteiger charge is 2.14. The second-order valence-electron chi connectivity index (χ2n) is 4.71. The highest BCUT2D eigenvalue weighted by Crippen LogP contribution is 2.22. The Balaban J connectivity index is 1.79. The molecule has 2 aromatic heterocycles. The zero-order chi connectivity index (χ0) is 14.7. The fourth-order valence-electron chi connectivity index (χ4n) is 2.12. The van der Waals surface area contributed by atoms with Gasteiger partial charge in [0.25, 0.3) is 0 Å². The second-order valence-corrected chi connectivity index (χ2v) is 5.11. The van der Waals surface area contributed by atoms with Gasteiger partial charge in [-0.15, -0.1) is 0 Å². The van der Waals surface area contributed by atoms with Crippen LogP contribution in [0.25, 0.3) is 5.69 Å². The Kier molecular flexibility index (Phi) is 3.99. The smallest absolute Gasteiger partial charge is 0.102 e. The zero-order valence-corrected chi connectivity index (χ0v) is 12.0. The largest absolute Gasteiger partial charge is 0.386 e. The standard InChI is InChI=1S/C16H14ClN3O/c17-14-11-18-8-6-12(14)10-16(21)15-7-9-20(19-15)13-4-2-1-3-5-13/h1-9,11,16,21H,10H2. The van der Waals surface area contributed by atoms with E-state index in [0.717, 1.165) is 11.3 Å². The maximum Gasteiger partial charge on any atom is 0.102 e. The number of rotatable bonds is 4. The van der Waals surface area contributed by atoms with E-state index < -0.39 is 6.10 Å². The van der Waals surface area contributed by atoms with Crippen molar-refractivity contribution in [2.45, 2.75) is 12.5 Å². The molecule has 21 heavy (non-hydrogen) atoms. The van der Waals surface area contributed by atoms with Crippen LogP contribution in [0, 0.1) is 0 Å². The average Bonchev–Trinajstić information content (AvgIpc) is 3.00. The lowest BCUT2D eigenvalue weighted by atomic mass is 10.1. The van der Waals surface area contributed by atoms with Gasteiger partial charge in [0.1, 0.15) is 6.10 Å². The molecular weight excluding hydrogens is 286 g/mol. The van der Waals surface area contributed by atoms with E-state index in [1.165, 1.54) is 0 Å². The lowest BCUT2D eigenvalue weighted by Gasteiger charge is -2.09. The third-order valence-corrected chi connectivity index (χ3v) is 3.58. The fourth-order valence-corrected chi connectivity index (χ4v) is 2.32. The van der Waals surface area contributed by atoms with Crippen molar-refractivity contribution < 1.29 is 5.11 Å².